The van der Waals surface area contributed by atoms with E-state index in [0.29, 0.717) is 11.7 Å². The highest BCUT2D eigenvalue weighted by Crippen LogP contribution is 2.18. The van der Waals surface area contributed by atoms with Crippen molar-refractivity contribution < 1.29 is 9.59 Å². The van der Waals surface area contributed by atoms with Gasteiger partial charge in [0.05, 0.1) is 5.69 Å². The summed E-state index contributed by atoms with van der Waals surface area (Å²) < 4.78 is 0. The highest BCUT2D eigenvalue weighted by Gasteiger charge is 2.30. The van der Waals surface area contributed by atoms with Gasteiger partial charge in [0, 0.05) is 18.3 Å². The minimum absolute atomic E-state index is 0.120. The zero-order valence-electron chi connectivity index (χ0n) is 13.4. The van der Waals surface area contributed by atoms with Crippen LogP contribution >= 0.6 is 11.3 Å². The van der Waals surface area contributed by atoms with Crippen LogP contribution in [0.25, 0.3) is 0 Å². The average molecular weight is 344 g/mol. The Morgan fingerprint density at radius 2 is 2.17 bits per heavy atom. The first kappa shape index (κ1) is 16.4. The SMILES string of the molecule is C[C@H]1CCNC(=O)[C@@H]1NC(=O)Nc1nc(Cc2ccccc2)cs1. The van der Waals surface area contributed by atoms with Gasteiger partial charge in [-0.1, -0.05) is 37.3 Å². The number of piperidine rings is 1. The number of nitrogens with zero attached hydrogens (tertiary/aromatic N) is 1. The molecule has 0 aliphatic carbocycles. The number of hydrogen-bond acceptors (Lipinski definition) is 4. The summed E-state index contributed by atoms with van der Waals surface area (Å²) in [6.45, 7) is 2.63. The normalized spacial score (nSPS) is 20.3. The van der Waals surface area contributed by atoms with Crippen molar-refractivity contribution in [2.45, 2.75) is 25.8 Å². The summed E-state index contributed by atoms with van der Waals surface area (Å²) in [5.74, 6) is -0.0118. The predicted octanol–water partition coefficient (Wildman–Crippen LogP) is 2.38. The van der Waals surface area contributed by atoms with Gasteiger partial charge in [0.15, 0.2) is 5.13 Å². The number of hydrogen-bond donors (Lipinski definition) is 3. The van der Waals surface area contributed by atoms with Crippen LogP contribution in [0.3, 0.4) is 0 Å². The van der Waals surface area contributed by atoms with E-state index in [2.05, 4.69) is 20.9 Å². The molecule has 1 aromatic heterocycles. The molecule has 24 heavy (non-hydrogen) atoms. The number of carbonyl (C=O) groups is 2. The fourth-order valence-corrected chi connectivity index (χ4v) is 3.40. The second-order valence-corrected chi connectivity index (χ2v) is 6.80. The zero-order chi connectivity index (χ0) is 16.9. The number of anilines is 1. The molecule has 126 valence electrons. The van der Waals surface area contributed by atoms with E-state index in [1.807, 2.05) is 42.6 Å². The minimum atomic E-state index is -0.498. The summed E-state index contributed by atoms with van der Waals surface area (Å²) in [6.07, 6.45) is 1.58. The van der Waals surface area contributed by atoms with Gasteiger partial charge in [-0.2, -0.15) is 0 Å². The van der Waals surface area contributed by atoms with Crippen molar-refractivity contribution in [1.29, 1.82) is 0 Å². The van der Waals surface area contributed by atoms with Crippen LogP contribution in [0.5, 0.6) is 0 Å². The van der Waals surface area contributed by atoms with Gasteiger partial charge < -0.3 is 10.6 Å². The summed E-state index contributed by atoms with van der Waals surface area (Å²) >= 11 is 1.38. The van der Waals surface area contributed by atoms with Crippen molar-refractivity contribution in [2.75, 3.05) is 11.9 Å². The van der Waals surface area contributed by atoms with E-state index in [1.165, 1.54) is 16.9 Å². The lowest BCUT2D eigenvalue weighted by Gasteiger charge is -2.28. The van der Waals surface area contributed by atoms with Gasteiger partial charge in [-0.15, -0.1) is 11.3 Å². The summed E-state index contributed by atoms with van der Waals surface area (Å²) in [6, 6.07) is 9.15. The van der Waals surface area contributed by atoms with E-state index < -0.39 is 12.1 Å². The first-order valence-electron chi connectivity index (χ1n) is 7.95. The van der Waals surface area contributed by atoms with Gasteiger partial charge in [0.25, 0.3) is 0 Å². The lowest BCUT2D eigenvalue weighted by molar-refractivity contribution is -0.125. The Hall–Kier alpha value is -2.41. The summed E-state index contributed by atoms with van der Waals surface area (Å²) in [7, 11) is 0. The van der Waals surface area contributed by atoms with Crippen LogP contribution in [-0.4, -0.2) is 29.5 Å². The Kier molecular flexibility index (Phi) is 5.10. The van der Waals surface area contributed by atoms with E-state index in [1.54, 1.807) is 0 Å². The highest BCUT2D eigenvalue weighted by atomic mass is 32.1. The topological polar surface area (TPSA) is 83.1 Å². The van der Waals surface area contributed by atoms with Crippen molar-refractivity contribution in [3.05, 3.63) is 47.0 Å². The maximum atomic E-state index is 12.1. The Morgan fingerprint density at radius 3 is 2.92 bits per heavy atom. The van der Waals surface area contributed by atoms with E-state index in [4.69, 9.17) is 0 Å². The third-order valence-corrected chi connectivity index (χ3v) is 4.84. The number of nitrogens with one attached hydrogen (secondary N) is 3. The fraction of sp³-hybridized carbons (Fsp3) is 0.353. The minimum Gasteiger partial charge on any atom is -0.354 e. The van der Waals surface area contributed by atoms with E-state index >= 15 is 0 Å². The van der Waals surface area contributed by atoms with Crippen molar-refractivity contribution in [1.82, 2.24) is 15.6 Å². The van der Waals surface area contributed by atoms with Gasteiger partial charge in [-0.05, 0) is 17.9 Å². The molecule has 1 saturated heterocycles. The molecule has 0 spiro atoms. The Morgan fingerprint density at radius 1 is 1.38 bits per heavy atom. The quantitative estimate of drug-likeness (QED) is 0.796. The Labute approximate surface area is 144 Å². The summed E-state index contributed by atoms with van der Waals surface area (Å²) in [5, 5.41) is 10.7. The smallest absolute Gasteiger partial charge is 0.321 e. The molecule has 2 atom stereocenters. The average Bonchev–Trinajstić information content (AvgIpc) is 2.99. The Bertz CT molecular complexity index is 716. The number of rotatable bonds is 4. The maximum Gasteiger partial charge on any atom is 0.321 e. The molecule has 7 heteroatoms. The van der Waals surface area contributed by atoms with Crippen LogP contribution < -0.4 is 16.0 Å². The molecule has 3 amide bonds. The van der Waals surface area contributed by atoms with Crippen LogP contribution in [0.4, 0.5) is 9.93 Å². The van der Waals surface area contributed by atoms with E-state index in [9.17, 15) is 9.59 Å². The molecule has 0 bridgehead atoms. The van der Waals surface area contributed by atoms with Crippen LogP contribution in [0.1, 0.15) is 24.6 Å². The second kappa shape index (κ2) is 7.44. The first-order valence-corrected chi connectivity index (χ1v) is 8.83. The van der Waals surface area contributed by atoms with Crippen LogP contribution in [0, 0.1) is 5.92 Å². The largest absolute Gasteiger partial charge is 0.354 e. The third kappa shape index (κ3) is 4.11. The molecule has 1 aliphatic heterocycles. The summed E-state index contributed by atoms with van der Waals surface area (Å²) in [5.41, 5.74) is 2.08. The number of benzene rings is 1. The molecule has 0 saturated carbocycles. The number of amides is 3. The molecule has 1 fully saturated rings. The van der Waals surface area contributed by atoms with Gasteiger partial charge in [0.1, 0.15) is 6.04 Å². The van der Waals surface area contributed by atoms with Gasteiger partial charge in [0.2, 0.25) is 5.91 Å². The van der Waals surface area contributed by atoms with Crippen molar-refractivity contribution >= 4 is 28.4 Å². The predicted molar refractivity (Wildman–Crippen MR) is 94.1 cm³/mol. The molecule has 0 unspecified atom stereocenters. The fourth-order valence-electron chi connectivity index (χ4n) is 2.69. The summed E-state index contributed by atoms with van der Waals surface area (Å²) in [4.78, 5) is 28.4. The zero-order valence-corrected chi connectivity index (χ0v) is 14.2. The molecule has 6 nitrogen and oxygen atoms in total. The monoisotopic (exact) mass is 344 g/mol. The standard InChI is InChI=1S/C17H20N4O2S/c1-11-7-8-18-15(22)14(11)20-16(23)21-17-19-13(10-24-17)9-12-5-3-2-4-6-12/h2-6,10-11,14H,7-9H2,1H3,(H,18,22)(H2,19,20,21,23)/t11-,14+/m0/s1. The molecule has 0 radical (unpaired) electrons. The van der Waals surface area contributed by atoms with E-state index in [0.717, 1.165) is 18.5 Å². The van der Waals surface area contributed by atoms with Crippen molar-refractivity contribution in [3.8, 4) is 0 Å². The number of carbonyl (C=O) groups excluding carboxylic acids is 2. The van der Waals surface area contributed by atoms with Crippen LogP contribution in [-0.2, 0) is 11.2 Å². The molecule has 3 rings (SSSR count). The second-order valence-electron chi connectivity index (χ2n) is 5.94. The van der Waals surface area contributed by atoms with Gasteiger partial charge in [-0.25, -0.2) is 9.78 Å². The maximum absolute atomic E-state index is 12.1. The molecule has 2 heterocycles. The molecular weight excluding hydrogens is 324 g/mol. The highest BCUT2D eigenvalue weighted by molar-refractivity contribution is 7.13. The Balaban J connectivity index is 1.56. The van der Waals surface area contributed by atoms with E-state index in [-0.39, 0.29) is 11.8 Å². The lowest BCUT2D eigenvalue weighted by atomic mass is 9.94. The molecule has 1 aliphatic rings. The number of thiazole rings is 1. The van der Waals surface area contributed by atoms with Crippen LogP contribution in [0.2, 0.25) is 0 Å². The van der Waals surface area contributed by atoms with Crippen molar-refractivity contribution in [3.63, 3.8) is 0 Å². The molecule has 1 aromatic carbocycles. The van der Waals surface area contributed by atoms with Crippen LogP contribution in [0.15, 0.2) is 35.7 Å². The number of urea groups is 1. The third-order valence-electron chi connectivity index (χ3n) is 4.04. The first-order chi connectivity index (χ1) is 11.6. The van der Waals surface area contributed by atoms with Crippen molar-refractivity contribution in [2.24, 2.45) is 5.92 Å². The lowest BCUT2D eigenvalue weighted by Crippen LogP contribution is -2.55. The molecule has 2 aromatic rings. The van der Waals surface area contributed by atoms with Gasteiger partial charge >= 0.3 is 6.03 Å². The van der Waals surface area contributed by atoms with Gasteiger partial charge in [-0.3, -0.25) is 10.1 Å². The molecular formula is C17H20N4O2S. The number of aromatic nitrogens is 1. The molecule has 3 N–H and O–H groups in total.